The summed E-state index contributed by atoms with van der Waals surface area (Å²) in [7, 11) is 0. The predicted molar refractivity (Wildman–Crippen MR) is 46.6 cm³/mol. The van der Waals surface area contributed by atoms with Crippen LogP contribution in [0, 0.1) is 11.3 Å². The second-order valence-corrected chi connectivity index (χ2v) is 2.47. The minimum absolute atomic E-state index is 0.0414. The molecular weight excluding hydrogens is 192 g/mol. The zero-order valence-electron chi connectivity index (χ0n) is 7.00. The van der Waals surface area contributed by atoms with Gasteiger partial charge in [0, 0.05) is 6.07 Å². The molecule has 0 saturated carbocycles. The number of hydrogen-bond donors (Lipinski definition) is 2. The van der Waals surface area contributed by atoms with Gasteiger partial charge in [-0.05, 0) is 6.07 Å². The highest BCUT2D eigenvalue weighted by atomic mass is 19.3. The third-order valence-electron chi connectivity index (χ3n) is 1.52. The van der Waals surface area contributed by atoms with Crippen molar-refractivity contribution in [1.29, 1.82) is 5.26 Å². The lowest BCUT2D eigenvalue weighted by molar-refractivity contribution is -0.0493. The Hall–Kier alpha value is -2.03. The quantitative estimate of drug-likeness (QED) is 0.703. The van der Waals surface area contributed by atoms with Crippen LogP contribution >= 0.6 is 0 Å². The van der Waals surface area contributed by atoms with Crippen LogP contribution in [0.15, 0.2) is 12.1 Å². The van der Waals surface area contributed by atoms with Crippen molar-refractivity contribution in [2.75, 3.05) is 11.5 Å². The molecule has 1 aromatic rings. The van der Waals surface area contributed by atoms with Gasteiger partial charge in [-0.3, -0.25) is 0 Å². The van der Waals surface area contributed by atoms with E-state index in [-0.39, 0.29) is 22.7 Å². The molecule has 4 nitrogen and oxygen atoms in total. The molecule has 74 valence electrons. The molecule has 0 saturated heterocycles. The number of nitrogens with two attached hydrogens (primary N) is 2. The van der Waals surface area contributed by atoms with Crippen LogP contribution in [0.2, 0.25) is 0 Å². The van der Waals surface area contributed by atoms with Gasteiger partial charge in [0.2, 0.25) is 0 Å². The topological polar surface area (TPSA) is 85.1 Å². The van der Waals surface area contributed by atoms with Crippen LogP contribution in [-0.2, 0) is 0 Å². The summed E-state index contributed by atoms with van der Waals surface area (Å²) >= 11 is 0. The Bertz CT molecular complexity index is 387. The highest BCUT2D eigenvalue weighted by Gasteiger charge is 2.11. The lowest BCUT2D eigenvalue weighted by atomic mass is 10.2. The van der Waals surface area contributed by atoms with E-state index in [9.17, 15) is 8.78 Å². The molecule has 0 bridgehead atoms. The van der Waals surface area contributed by atoms with Crippen molar-refractivity contribution in [2.45, 2.75) is 6.61 Å². The fourth-order valence-corrected chi connectivity index (χ4v) is 0.906. The number of halogens is 2. The summed E-state index contributed by atoms with van der Waals surface area (Å²) in [6.45, 7) is -2.99. The average Bonchev–Trinajstić information content (AvgIpc) is 2.11. The lowest BCUT2D eigenvalue weighted by Crippen LogP contribution is -2.06. The highest BCUT2D eigenvalue weighted by Crippen LogP contribution is 2.30. The van der Waals surface area contributed by atoms with E-state index < -0.39 is 6.61 Å². The molecule has 1 aromatic carbocycles. The molecule has 6 heteroatoms. The van der Waals surface area contributed by atoms with Crippen LogP contribution < -0.4 is 16.2 Å². The summed E-state index contributed by atoms with van der Waals surface area (Å²) in [5, 5.41) is 8.52. The lowest BCUT2D eigenvalue weighted by Gasteiger charge is -2.09. The first-order valence-corrected chi connectivity index (χ1v) is 3.58. The highest BCUT2D eigenvalue weighted by molar-refractivity contribution is 5.73. The van der Waals surface area contributed by atoms with Crippen LogP contribution in [0.1, 0.15) is 5.56 Å². The second-order valence-electron chi connectivity index (χ2n) is 2.47. The number of nitrogens with zero attached hydrogens (tertiary/aromatic N) is 1. The van der Waals surface area contributed by atoms with Gasteiger partial charge in [0.05, 0.1) is 23.0 Å². The van der Waals surface area contributed by atoms with E-state index in [1.807, 2.05) is 0 Å². The first kappa shape index (κ1) is 10.1. The monoisotopic (exact) mass is 199 g/mol. The molecule has 0 aromatic heterocycles. The van der Waals surface area contributed by atoms with E-state index in [1.54, 1.807) is 6.07 Å². The minimum Gasteiger partial charge on any atom is -0.432 e. The fraction of sp³-hybridized carbons (Fsp3) is 0.125. The fourth-order valence-electron chi connectivity index (χ4n) is 0.906. The van der Waals surface area contributed by atoms with Gasteiger partial charge in [0.25, 0.3) is 0 Å². The van der Waals surface area contributed by atoms with E-state index in [2.05, 4.69) is 4.74 Å². The van der Waals surface area contributed by atoms with Crippen LogP contribution in [0.4, 0.5) is 20.2 Å². The molecule has 0 unspecified atom stereocenters. The third-order valence-corrected chi connectivity index (χ3v) is 1.52. The molecule has 0 aliphatic heterocycles. The number of benzene rings is 1. The van der Waals surface area contributed by atoms with Crippen molar-refractivity contribution in [1.82, 2.24) is 0 Å². The first-order valence-electron chi connectivity index (χ1n) is 3.58. The van der Waals surface area contributed by atoms with E-state index in [0.29, 0.717) is 0 Å². The molecule has 0 aliphatic rings. The number of hydrogen-bond acceptors (Lipinski definition) is 4. The van der Waals surface area contributed by atoms with Gasteiger partial charge in [-0.2, -0.15) is 14.0 Å². The Labute approximate surface area is 78.7 Å². The molecular formula is C8H7F2N3O. The van der Waals surface area contributed by atoms with Gasteiger partial charge in [-0.15, -0.1) is 0 Å². The number of anilines is 2. The van der Waals surface area contributed by atoms with Gasteiger partial charge in [-0.1, -0.05) is 0 Å². The van der Waals surface area contributed by atoms with Crippen LogP contribution in [0.5, 0.6) is 5.75 Å². The van der Waals surface area contributed by atoms with Gasteiger partial charge >= 0.3 is 6.61 Å². The van der Waals surface area contributed by atoms with Crippen molar-refractivity contribution in [3.8, 4) is 11.8 Å². The summed E-state index contributed by atoms with van der Waals surface area (Å²) in [5.41, 5.74) is 10.8. The molecule has 14 heavy (non-hydrogen) atoms. The third kappa shape index (κ3) is 2.01. The number of nitrogen functional groups attached to an aromatic ring is 2. The van der Waals surface area contributed by atoms with Crippen molar-refractivity contribution in [2.24, 2.45) is 0 Å². The largest absolute Gasteiger partial charge is 0.432 e. The maximum atomic E-state index is 11.9. The van der Waals surface area contributed by atoms with Crippen molar-refractivity contribution >= 4 is 11.4 Å². The predicted octanol–water partition coefficient (Wildman–Crippen LogP) is 1.32. The molecule has 0 fully saturated rings. The molecule has 0 amide bonds. The zero-order valence-corrected chi connectivity index (χ0v) is 7.00. The molecule has 0 radical (unpaired) electrons. The summed E-state index contributed by atoms with van der Waals surface area (Å²) in [6.07, 6.45) is 0. The number of nitriles is 1. The molecule has 0 heterocycles. The SMILES string of the molecule is N#Cc1cc(N)c(N)c(OC(F)F)c1. The van der Waals surface area contributed by atoms with E-state index in [0.717, 1.165) is 6.07 Å². The normalized spacial score (nSPS) is 9.86. The van der Waals surface area contributed by atoms with Crippen molar-refractivity contribution in [3.63, 3.8) is 0 Å². The Balaban J connectivity index is 3.15. The molecule has 0 spiro atoms. The Morgan fingerprint density at radius 3 is 2.50 bits per heavy atom. The van der Waals surface area contributed by atoms with Crippen LogP contribution in [-0.4, -0.2) is 6.61 Å². The Kier molecular flexibility index (Phi) is 2.72. The first-order chi connectivity index (χ1) is 6.54. The maximum absolute atomic E-state index is 11.9. The van der Waals surface area contributed by atoms with Crippen LogP contribution in [0.3, 0.4) is 0 Å². The van der Waals surface area contributed by atoms with E-state index in [1.165, 1.54) is 6.07 Å². The van der Waals surface area contributed by atoms with Crippen molar-refractivity contribution < 1.29 is 13.5 Å². The Morgan fingerprint density at radius 1 is 1.36 bits per heavy atom. The number of ether oxygens (including phenoxy) is 1. The van der Waals surface area contributed by atoms with Gasteiger partial charge in [0.1, 0.15) is 0 Å². The summed E-state index contributed by atoms with van der Waals surface area (Å²) in [5.74, 6) is -0.281. The molecule has 0 atom stereocenters. The summed E-state index contributed by atoms with van der Waals surface area (Å²) in [6, 6.07) is 4.14. The van der Waals surface area contributed by atoms with Crippen LogP contribution in [0.25, 0.3) is 0 Å². The minimum atomic E-state index is -2.99. The van der Waals surface area contributed by atoms with Gasteiger partial charge in [0.15, 0.2) is 5.75 Å². The zero-order chi connectivity index (χ0) is 10.7. The van der Waals surface area contributed by atoms with E-state index in [4.69, 9.17) is 16.7 Å². The number of alkyl halides is 2. The van der Waals surface area contributed by atoms with Gasteiger partial charge < -0.3 is 16.2 Å². The average molecular weight is 199 g/mol. The Morgan fingerprint density at radius 2 is 2.00 bits per heavy atom. The molecule has 0 aliphatic carbocycles. The maximum Gasteiger partial charge on any atom is 0.387 e. The standard InChI is InChI=1S/C8H7F2N3O/c9-8(10)14-6-2-4(3-11)1-5(12)7(6)13/h1-2,8H,12-13H2. The van der Waals surface area contributed by atoms with Gasteiger partial charge in [-0.25, -0.2) is 0 Å². The summed E-state index contributed by atoms with van der Waals surface area (Å²) < 4.78 is 27.8. The second kappa shape index (κ2) is 3.79. The van der Waals surface area contributed by atoms with Crippen molar-refractivity contribution in [3.05, 3.63) is 17.7 Å². The number of rotatable bonds is 2. The van der Waals surface area contributed by atoms with E-state index >= 15 is 0 Å². The smallest absolute Gasteiger partial charge is 0.387 e. The molecule has 1 rings (SSSR count). The molecule has 4 N–H and O–H groups in total. The summed E-state index contributed by atoms with van der Waals surface area (Å²) in [4.78, 5) is 0.